The third kappa shape index (κ3) is 4.93. The van der Waals surface area contributed by atoms with Gasteiger partial charge in [0.25, 0.3) is 0 Å². The van der Waals surface area contributed by atoms with Gasteiger partial charge in [0, 0.05) is 48.7 Å². The number of fused-ring (bicyclic) bond motifs is 1. The van der Waals surface area contributed by atoms with E-state index in [0.29, 0.717) is 11.8 Å². The van der Waals surface area contributed by atoms with Crippen LogP contribution < -0.4 is 11.1 Å². The number of pyridine rings is 1. The number of terminal acetylenes is 1. The molecule has 4 aromatic rings. The van der Waals surface area contributed by atoms with Gasteiger partial charge >= 0.3 is 0 Å². The van der Waals surface area contributed by atoms with Crippen molar-refractivity contribution in [3.05, 3.63) is 72.1 Å². The Bertz CT molecular complexity index is 1340. The van der Waals surface area contributed by atoms with Crippen LogP contribution in [0.4, 0.5) is 17.5 Å². The van der Waals surface area contributed by atoms with E-state index in [4.69, 9.17) is 16.9 Å². The fourth-order valence-electron chi connectivity index (χ4n) is 3.98. The molecular weight excluding hydrogens is 412 g/mol. The Labute approximate surface area is 192 Å². The number of nitrogens with two attached hydrogens (primary N) is 1. The zero-order chi connectivity index (χ0) is 22.6. The molecule has 2 aromatic carbocycles. The smallest absolute Gasteiger partial charge is 0.227 e. The Morgan fingerprint density at radius 2 is 1.91 bits per heavy atom. The van der Waals surface area contributed by atoms with Gasteiger partial charge in [0.15, 0.2) is 0 Å². The van der Waals surface area contributed by atoms with Gasteiger partial charge in [0.1, 0.15) is 5.82 Å². The van der Waals surface area contributed by atoms with Gasteiger partial charge in [-0.05, 0) is 65.2 Å². The summed E-state index contributed by atoms with van der Waals surface area (Å²) in [6.07, 6.45) is 9.01. The lowest BCUT2D eigenvalue weighted by atomic mass is 10.0. The molecule has 7 heteroatoms. The van der Waals surface area contributed by atoms with Crippen LogP contribution in [0.1, 0.15) is 11.1 Å². The zero-order valence-electron chi connectivity index (χ0n) is 18.2. The molecule has 1 aliphatic rings. The molecule has 33 heavy (non-hydrogen) atoms. The number of anilines is 3. The molecule has 5 rings (SSSR count). The molecular formula is C26H24N6O. The summed E-state index contributed by atoms with van der Waals surface area (Å²) in [5.41, 5.74) is 11.7. The van der Waals surface area contributed by atoms with Crippen molar-refractivity contribution in [2.45, 2.75) is 6.54 Å². The minimum absolute atomic E-state index is 0.491. The van der Waals surface area contributed by atoms with E-state index < -0.39 is 0 Å². The van der Waals surface area contributed by atoms with E-state index in [1.807, 2.05) is 30.3 Å². The SMILES string of the molecule is C#Cc1ccc2nc(Nc3cc(CN4CCOCC4)cc(-c4ccnc(N)c4)c3)ncc2c1. The Balaban J connectivity index is 1.48. The van der Waals surface area contributed by atoms with Crippen molar-refractivity contribution in [1.82, 2.24) is 19.9 Å². The van der Waals surface area contributed by atoms with Crippen LogP contribution in [-0.4, -0.2) is 46.2 Å². The summed E-state index contributed by atoms with van der Waals surface area (Å²) in [7, 11) is 0. The first-order chi connectivity index (χ1) is 16.2. The van der Waals surface area contributed by atoms with Gasteiger partial charge in [-0.1, -0.05) is 5.92 Å². The van der Waals surface area contributed by atoms with E-state index in [-0.39, 0.29) is 0 Å². The van der Waals surface area contributed by atoms with Crippen LogP contribution in [0.15, 0.2) is 60.9 Å². The predicted octanol–water partition coefficient (Wildman–Crippen LogP) is 3.83. The van der Waals surface area contributed by atoms with E-state index >= 15 is 0 Å². The molecule has 0 atom stereocenters. The topological polar surface area (TPSA) is 89.2 Å². The maximum absolute atomic E-state index is 5.94. The molecule has 3 N–H and O–H groups in total. The second-order valence-corrected chi connectivity index (χ2v) is 8.01. The van der Waals surface area contributed by atoms with Gasteiger partial charge in [0.05, 0.1) is 18.7 Å². The van der Waals surface area contributed by atoms with Crippen LogP contribution in [0.5, 0.6) is 0 Å². The number of ether oxygens (including phenoxy) is 1. The van der Waals surface area contributed by atoms with Crippen molar-refractivity contribution < 1.29 is 4.74 Å². The van der Waals surface area contributed by atoms with Gasteiger partial charge < -0.3 is 15.8 Å². The minimum atomic E-state index is 0.491. The van der Waals surface area contributed by atoms with Gasteiger partial charge in [0.2, 0.25) is 5.95 Å². The van der Waals surface area contributed by atoms with E-state index in [1.54, 1.807) is 12.4 Å². The van der Waals surface area contributed by atoms with E-state index in [1.165, 1.54) is 5.56 Å². The van der Waals surface area contributed by atoms with E-state index in [9.17, 15) is 0 Å². The van der Waals surface area contributed by atoms with Gasteiger partial charge in [-0.2, -0.15) is 0 Å². The first-order valence-electron chi connectivity index (χ1n) is 10.8. The quantitative estimate of drug-likeness (QED) is 0.460. The number of nitrogen functional groups attached to an aromatic ring is 1. The summed E-state index contributed by atoms with van der Waals surface area (Å²) >= 11 is 0. The summed E-state index contributed by atoms with van der Waals surface area (Å²) in [6.45, 7) is 4.20. The van der Waals surface area contributed by atoms with Crippen LogP contribution in [0.3, 0.4) is 0 Å². The summed E-state index contributed by atoms with van der Waals surface area (Å²) < 4.78 is 5.49. The third-order valence-corrected chi connectivity index (χ3v) is 5.62. The fraction of sp³-hybridized carbons (Fsp3) is 0.192. The monoisotopic (exact) mass is 436 g/mol. The van der Waals surface area contributed by atoms with Crippen molar-refractivity contribution in [2.24, 2.45) is 0 Å². The van der Waals surface area contributed by atoms with Crippen molar-refractivity contribution in [1.29, 1.82) is 0 Å². The molecule has 3 heterocycles. The normalized spacial score (nSPS) is 14.2. The lowest BCUT2D eigenvalue weighted by Gasteiger charge is -2.27. The van der Waals surface area contributed by atoms with Crippen molar-refractivity contribution in [3.8, 4) is 23.5 Å². The molecule has 1 aliphatic heterocycles. The van der Waals surface area contributed by atoms with Crippen molar-refractivity contribution in [3.63, 3.8) is 0 Å². The van der Waals surface area contributed by atoms with Crippen LogP contribution in [-0.2, 0) is 11.3 Å². The summed E-state index contributed by atoms with van der Waals surface area (Å²) in [5.74, 6) is 3.66. The van der Waals surface area contributed by atoms with Gasteiger partial charge in [-0.15, -0.1) is 6.42 Å². The predicted molar refractivity (Wildman–Crippen MR) is 131 cm³/mol. The number of hydrogen-bond acceptors (Lipinski definition) is 7. The molecule has 0 bridgehead atoms. The highest BCUT2D eigenvalue weighted by atomic mass is 16.5. The van der Waals surface area contributed by atoms with E-state index in [0.717, 1.165) is 66.1 Å². The van der Waals surface area contributed by atoms with Crippen LogP contribution in [0.2, 0.25) is 0 Å². The molecule has 0 spiro atoms. The van der Waals surface area contributed by atoms with Crippen LogP contribution >= 0.6 is 0 Å². The zero-order valence-corrected chi connectivity index (χ0v) is 18.2. The number of benzene rings is 2. The molecule has 1 fully saturated rings. The highest BCUT2D eigenvalue weighted by Gasteiger charge is 2.13. The molecule has 0 aliphatic carbocycles. The molecule has 1 saturated heterocycles. The van der Waals surface area contributed by atoms with E-state index in [2.05, 4.69) is 49.3 Å². The molecule has 0 radical (unpaired) electrons. The molecule has 0 saturated carbocycles. The number of aromatic nitrogens is 3. The fourth-order valence-corrected chi connectivity index (χ4v) is 3.98. The standard InChI is InChI=1S/C26H24N6O/c1-2-18-3-4-24-22(11-18)16-29-26(31-24)30-23-13-19(17-32-7-9-33-10-8-32)12-21(14-23)20-5-6-28-25(27)15-20/h1,3-6,11-16H,7-10,17H2,(H2,27,28)(H,29,30,31). The number of rotatable bonds is 5. The Morgan fingerprint density at radius 1 is 1.03 bits per heavy atom. The average Bonchev–Trinajstić information content (AvgIpc) is 2.84. The average molecular weight is 437 g/mol. The summed E-state index contributed by atoms with van der Waals surface area (Å²) in [4.78, 5) is 15.7. The Morgan fingerprint density at radius 3 is 2.73 bits per heavy atom. The highest BCUT2D eigenvalue weighted by Crippen LogP contribution is 2.28. The maximum Gasteiger partial charge on any atom is 0.227 e. The first-order valence-corrected chi connectivity index (χ1v) is 10.8. The largest absolute Gasteiger partial charge is 0.384 e. The second-order valence-electron chi connectivity index (χ2n) is 8.01. The van der Waals surface area contributed by atoms with Gasteiger partial charge in [-0.3, -0.25) is 4.90 Å². The van der Waals surface area contributed by atoms with Crippen LogP contribution in [0, 0.1) is 12.3 Å². The maximum atomic E-state index is 5.94. The molecule has 0 amide bonds. The highest BCUT2D eigenvalue weighted by molar-refractivity contribution is 5.81. The lowest BCUT2D eigenvalue weighted by molar-refractivity contribution is 0.0342. The van der Waals surface area contributed by atoms with Gasteiger partial charge in [-0.25, -0.2) is 15.0 Å². The molecule has 164 valence electrons. The van der Waals surface area contributed by atoms with Crippen molar-refractivity contribution >= 4 is 28.4 Å². The lowest BCUT2D eigenvalue weighted by Crippen LogP contribution is -2.35. The Hall–Kier alpha value is -3.99. The van der Waals surface area contributed by atoms with Crippen LogP contribution in [0.25, 0.3) is 22.0 Å². The van der Waals surface area contributed by atoms with Crippen molar-refractivity contribution in [2.75, 3.05) is 37.4 Å². The minimum Gasteiger partial charge on any atom is -0.384 e. The summed E-state index contributed by atoms with van der Waals surface area (Å²) in [6, 6.07) is 16.0. The number of nitrogens with zero attached hydrogens (tertiary/aromatic N) is 4. The number of nitrogens with one attached hydrogen (secondary N) is 1. The number of hydrogen-bond donors (Lipinski definition) is 2. The number of morpholine rings is 1. The summed E-state index contributed by atoms with van der Waals surface area (Å²) in [5, 5.41) is 4.28. The first kappa shape index (κ1) is 20.9. The Kier molecular flexibility index (Phi) is 5.85. The molecule has 2 aromatic heterocycles. The third-order valence-electron chi connectivity index (χ3n) is 5.62. The second kappa shape index (κ2) is 9.25. The molecule has 0 unspecified atom stereocenters. The molecule has 7 nitrogen and oxygen atoms in total.